The van der Waals surface area contributed by atoms with Gasteiger partial charge in [0.2, 0.25) is 5.75 Å². The first-order chi connectivity index (χ1) is 18.9. The highest BCUT2D eigenvalue weighted by Gasteiger charge is 2.33. The SMILES string of the molecule is C=CCOc1ccc([C@@H]2C(C(=O)OCC)=C(C)N=c3sc(=Cc4ccc(OC)c(OC)c4OC)c(=O)n32)cc1. The maximum absolute atomic E-state index is 13.9. The van der Waals surface area contributed by atoms with E-state index in [-0.39, 0.29) is 12.2 Å². The van der Waals surface area contributed by atoms with Gasteiger partial charge >= 0.3 is 5.97 Å². The van der Waals surface area contributed by atoms with Gasteiger partial charge in [-0.1, -0.05) is 36.1 Å². The van der Waals surface area contributed by atoms with Gasteiger partial charge in [0.15, 0.2) is 16.3 Å². The molecule has 0 N–H and O–H groups in total. The Labute approximate surface area is 229 Å². The summed E-state index contributed by atoms with van der Waals surface area (Å²) in [5.41, 5.74) is 1.83. The Morgan fingerprint density at radius 1 is 1.08 bits per heavy atom. The third kappa shape index (κ3) is 5.33. The average molecular weight is 551 g/mol. The highest BCUT2D eigenvalue weighted by atomic mass is 32.1. The minimum atomic E-state index is -0.733. The molecular formula is C29H30N2O7S. The third-order valence-electron chi connectivity index (χ3n) is 6.10. The topological polar surface area (TPSA) is 97.6 Å². The third-order valence-corrected chi connectivity index (χ3v) is 7.08. The van der Waals surface area contributed by atoms with Crippen molar-refractivity contribution in [2.75, 3.05) is 34.5 Å². The van der Waals surface area contributed by atoms with Crippen LogP contribution in [0, 0.1) is 0 Å². The predicted octanol–water partition coefficient (Wildman–Crippen LogP) is 3.39. The van der Waals surface area contributed by atoms with Gasteiger partial charge in [0, 0.05) is 5.56 Å². The van der Waals surface area contributed by atoms with Gasteiger partial charge in [-0.05, 0) is 49.8 Å². The Hall–Kier alpha value is -4.31. The van der Waals surface area contributed by atoms with Crippen LogP contribution in [-0.2, 0) is 9.53 Å². The van der Waals surface area contributed by atoms with E-state index < -0.39 is 12.0 Å². The van der Waals surface area contributed by atoms with Gasteiger partial charge in [0.1, 0.15) is 12.4 Å². The summed E-state index contributed by atoms with van der Waals surface area (Å²) in [7, 11) is 4.58. The van der Waals surface area contributed by atoms with E-state index in [9.17, 15) is 9.59 Å². The Morgan fingerprint density at radius 3 is 2.41 bits per heavy atom. The summed E-state index contributed by atoms with van der Waals surface area (Å²) in [5.74, 6) is 1.47. The molecule has 0 bridgehead atoms. The molecule has 10 heteroatoms. The van der Waals surface area contributed by atoms with Crippen LogP contribution < -0.4 is 33.8 Å². The van der Waals surface area contributed by atoms with Crippen LogP contribution in [0.4, 0.5) is 0 Å². The number of hydrogen-bond acceptors (Lipinski definition) is 9. The summed E-state index contributed by atoms with van der Waals surface area (Å²) in [5, 5.41) is 0. The van der Waals surface area contributed by atoms with Gasteiger partial charge < -0.3 is 23.7 Å². The zero-order chi connectivity index (χ0) is 28.1. The fourth-order valence-corrected chi connectivity index (χ4v) is 5.43. The molecule has 0 amide bonds. The van der Waals surface area contributed by atoms with Crippen molar-refractivity contribution in [3.05, 3.63) is 91.1 Å². The van der Waals surface area contributed by atoms with E-state index in [2.05, 4.69) is 11.6 Å². The molecule has 1 atom stereocenters. The molecule has 0 spiro atoms. The van der Waals surface area contributed by atoms with Crippen LogP contribution in [-0.4, -0.2) is 45.1 Å². The number of nitrogens with zero attached hydrogens (tertiary/aromatic N) is 2. The Morgan fingerprint density at radius 2 is 1.79 bits per heavy atom. The summed E-state index contributed by atoms with van der Waals surface area (Å²) >= 11 is 1.22. The van der Waals surface area contributed by atoms with E-state index in [4.69, 9.17) is 23.7 Å². The average Bonchev–Trinajstić information content (AvgIpc) is 3.25. The monoisotopic (exact) mass is 550 g/mol. The van der Waals surface area contributed by atoms with Crippen molar-refractivity contribution in [1.82, 2.24) is 4.57 Å². The van der Waals surface area contributed by atoms with Crippen molar-refractivity contribution >= 4 is 23.4 Å². The molecule has 0 saturated heterocycles. The van der Waals surface area contributed by atoms with E-state index in [1.165, 1.54) is 37.2 Å². The smallest absolute Gasteiger partial charge is 0.338 e. The van der Waals surface area contributed by atoms with Crippen LogP contribution in [0.25, 0.3) is 6.08 Å². The molecule has 0 unspecified atom stereocenters. The molecule has 2 aromatic carbocycles. The predicted molar refractivity (Wildman–Crippen MR) is 149 cm³/mol. The zero-order valence-corrected chi connectivity index (χ0v) is 23.3. The molecule has 0 saturated carbocycles. The molecule has 1 aliphatic heterocycles. The van der Waals surface area contributed by atoms with Crippen LogP contribution in [0.2, 0.25) is 0 Å². The van der Waals surface area contributed by atoms with Crippen molar-refractivity contribution < 1.29 is 28.5 Å². The highest BCUT2D eigenvalue weighted by Crippen LogP contribution is 2.40. The largest absolute Gasteiger partial charge is 0.493 e. The lowest BCUT2D eigenvalue weighted by Gasteiger charge is -2.24. The standard InChI is InChI=1S/C29H30N2O7S/c1-7-15-38-20-12-9-18(10-13-20)24-23(28(33)37-8-2)17(3)30-29-31(24)27(32)22(39-29)16-19-11-14-21(34-4)26(36-6)25(19)35-5/h7,9-14,16,24H,1,8,15H2,2-6H3/t24-/m1/s1. The number of benzene rings is 2. The second kappa shape index (κ2) is 12.0. The second-order valence-electron chi connectivity index (χ2n) is 8.39. The van der Waals surface area contributed by atoms with Crippen molar-refractivity contribution in [3.63, 3.8) is 0 Å². The van der Waals surface area contributed by atoms with Gasteiger partial charge in [-0.3, -0.25) is 9.36 Å². The summed E-state index contributed by atoms with van der Waals surface area (Å²) in [6.07, 6.45) is 3.38. The first-order valence-electron chi connectivity index (χ1n) is 12.2. The van der Waals surface area contributed by atoms with E-state index in [1.807, 2.05) is 12.1 Å². The summed E-state index contributed by atoms with van der Waals surface area (Å²) in [6, 6.07) is 10.0. The number of esters is 1. The number of carbonyl (C=O) groups is 1. The number of allylic oxidation sites excluding steroid dienone is 1. The molecule has 1 aliphatic rings. The van der Waals surface area contributed by atoms with Crippen LogP contribution in [0.1, 0.15) is 31.0 Å². The zero-order valence-electron chi connectivity index (χ0n) is 22.5. The first-order valence-corrected chi connectivity index (χ1v) is 13.0. The number of hydrogen-bond donors (Lipinski definition) is 0. The van der Waals surface area contributed by atoms with E-state index >= 15 is 0 Å². The van der Waals surface area contributed by atoms with Crippen LogP contribution in [0.15, 0.2) is 70.1 Å². The fraction of sp³-hybridized carbons (Fsp3) is 0.276. The molecule has 0 aliphatic carbocycles. The molecule has 0 radical (unpaired) electrons. The van der Waals surface area contributed by atoms with Gasteiger partial charge in [0.05, 0.1) is 49.8 Å². The lowest BCUT2D eigenvalue weighted by molar-refractivity contribution is -0.139. The number of thiazole rings is 1. The van der Waals surface area contributed by atoms with E-state index in [0.717, 1.165) is 5.56 Å². The molecule has 0 fully saturated rings. The van der Waals surface area contributed by atoms with Crippen molar-refractivity contribution in [1.29, 1.82) is 0 Å². The quantitative estimate of drug-likeness (QED) is 0.282. The normalized spacial score (nSPS) is 14.8. The summed E-state index contributed by atoms with van der Waals surface area (Å²) in [6.45, 7) is 7.70. The lowest BCUT2D eigenvalue weighted by atomic mass is 9.96. The minimum Gasteiger partial charge on any atom is -0.493 e. The Kier molecular flexibility index (Phi) is 8.55. The number of rotatable bonds is 10. The number of ether oxygens (including phenoxy) is 5. The molecule has 3 aromatic rings. The number of fused-ring (bicyclic) bond motifs is 1. The highest BCUT2D eigenvalue weighted by molar-refractivity contribution is 7.07. The maximum Gasteiger partial charge on any atom is 0.338 e. The number of carbonyl (C=O) groups excluding carboxylic acids is 1. The van der Waals surface area contributed by atoms with Gasteiger partial charge in [0.25, 0.3) is 5.56 Å². The second-order valence-corrected chi connectivity index (χ2v) is 9.40. The molecule has 4 rings (SSSR count). The molecule has 204 valence electrons. The minimum absolute atomic E-state index is 0.195. The van der Waals surface area contributed by atoms with Crippen LogP contribution >= 0.6 is 11.3 Å². The molecule has 1 aromatic heterocycles. The Balaban J connectivity index is 1.92. The Bertz CT molecular complexity index is 1600. The van der Waals surface area contributed by atoms with Crippen molar-refractivity contribution in [3.8, 4) is 23.0 Å². The number of aromatic nitrogens is 1. The first kappa shape index (κ1) is 27.7. The lowest BCUT2D eigenvalue weighted by Crippen LogP contribution is -2.39. The van der Waals surface area contributed by atoms with E-state index in [1.54, 1.807) is 50.3 Å². The number of methoxy groups -OCH3 is 3. The molecular weight excluding hydrogens is 520 g/mol. The van der Waals surface area contributed by atoms with Crippen molar-refractivity contribution in [2.24, 2.45) is 4.99 Å². The molecule has 9 nitrogen and oxygen atoms in total. The van der Waals surface area contributed by atoms with Crippen molar-refractivity contribution in [2.45, 2.75) is 19.9 Å². The van der Waals surface area contributed by atoms with E-state index in [0.29, 0.717) is 55.8 Å². The summed E-state index contributed by atoms with van der Waals surface area (Å²) < 4.78 is 29.4. The van der Waals surface area contributed by atoms with Gasteiger partial charge in [-0.2, -0.15) is 0 Å². The summed E-state index contributed by atoms with van der Waals surface area (Å²) in [4.78, 5) is 32.1. The fourth-order valence-electron chi connectivity index (χ4n) is 4.39. The maximum atomic E-state index is 13.9. The van der Waals surface area contributed by atoms with Gasteiger partial charge in [-0.15, -0.1) is 0 Å². The van der Waals surface area contributed by atoms with Gasteiger partial charge in [-0.25, -0.2) is 9.79 Å². The molecule has 39 heavy (non-hydrogen) atoms. The molecule has 2 heterocycles. The van der Waals surface area contributed by atoms with Crippen LogP contribution in [0.5, 0.6) is 23.0 Å². The van der Waals surface area contributed by atoms with Crippen LogP contribution in [0.3, 0.4) is 0 Å².